The Balaban J connectivity index is 2.95. The van der Waals surface area contributed by atoms with Gasteiger partial charge in [-0.2, -0.15) is 0 Å². The van der Waals surface area contributed by atoms with Crippen LogP contribution in [0.25, 0.3) is 0 Å². The van der Waals surface area contributed by atoms with Gasteiger partial charge in [0.1, 0.15) is 0 Å². The number of esters is 2. The minimum absolute atomic E-state index is 0.305. The summed E-state index contributed by atoms with van der Waals surface area (Å²) in [6, 6.07) is 0. The summed E-state index contributed by atoms with van der Waals surface area (Å²) in [5.74, 6) is -1.11. The summed E-state index contributed by atoms with van der Waals surface area (Å²) in [5, 5.41) is 0. The van der Waals surface area contributed by atoms with E-state index in [4.69, 9.17) is 9.47 Å². The van der Waals surface area contributed by atoms with Crippen molar-refractivity contribution in [2.24, 2.45) is 17.8 Å². The van der Waals surface area contributed by atoms with Crippen LogP contribution in [-0.4, -0.2) is 26.2 Å². The molecule has 1 aliphatic rings. The second-order valence-electron chi connectivity index (χ2n) is 6.34. The highest BCUT2D eigenvalue weighted by Crippen LogP contribution is 2.39. The molecule has 4 heteroatoms. The third-order valence-corrected chi connectivity index (χ3v) is 4.73. The lowest BCUT2D eigenvalue weighted by Crippen LogP contribution is -2.37. The monoisotopic (exact) mass is 308 g/mol. The van der Waals surface area contributed by atoms with E-state index in [0.29, 0.717) is 18.8 Å². The van der Waals surface area contributed by atoms with E-state index in [0.717, 1.165) is 6.42 Å². The average Bonchev–Trinajstić information content (AvgIpc) is 2.52. The lowest BCUT2D eigenvalue weighted by Gasteiger charge is -2.33. The molecule has 0 aromatic heterocycles. The van der Waals surface area contributed by atoms with E-state index in [1.54, 1.807) is 0 Å². The van der Waals surface area contributed by atoms with E-state index in [1.165, 1.54) is 30.9 Å². The van der Waals surface area contributed by atoms with Crippen LogP contribution in [0.15, 0.2) is 22.8 Å². The SMILES string of the molecule is COC(=O)C1CCC(/C(C)=C/C(C)=C(C)C)CC1C(=O)OC. The third-order valence-electron chi connectivity index (χ3n) is 4.73. The quantitative estimate of drug-likeness (QED) is 0.587. The summed E-state index contributed by atoms with van der Waals surface area (Å²) in [6.45, 7) is 8.37. The molecule has 1 rings (SSSR count). The summed E-state index contributed by atoms with van der Waals surface area (Å²) in [6.07, 6.45) is 4.39. The molecule has 0 bridgehead atoms. The highest BCUT2D eigenvalue weighted by Gasteiger charge is 2.40. The van der Waals surface area contributed by atoms with Crippen molar-refractivity contribution in [1.29, 1.82) is 0 Å². The van der Waals surface area contributed by atoms with Crippen molar-refractivity contribution in [2.45, 2.75) is 47.0 Å². The van der Waals surface area contributed by atoms with Gasteiger partial charge in [-0.1, -0.05) is 22.8 Å². The Morgan fingerprint density at radius 3 is 1.95 bits per heavy atom. The first-order valence-electron chi connectivity index (χ1n) is 7.79. The summed E-state index contributed by atoms with van der Waals surface area (Å²) in [4.78, 5) is 23.9. The predicted molar refractivity (Wildman–Crippen MR) is 86.2 cm³/mol. The molecule has 0 aliphatic heterocycles. The van der Waals surface area contributed by atoms with Gasteiger partial charge in [0.05, 0.1) is 26.1 Å². The Kier molecular flexibility index (Phi) is 6.85. The van der Waals surface area contributed by atoms with Crippen LogP contribution < -0.4 is 0 Å². The van der Waals surface area contributed by atoms with Crippen molar-refractivity contribution >= 4 is 11.9 Å². The van der Waals surface area contributed by atoms with Crippen LogP contribution >= 0.6 is 0 Å². The third kappa shape index (κ3) is 4.46. The fourth-order valence-electron chi connectivity index (χ4n) is 3.03. The molecule has 0 spiro atoms. The van der Waals surface area contributed by atoms with Crippen LogP contribution in [0.4, 0.5) is 0 Å². The van der Waals surface area contributed by atoms with Gasteiger partial charge in [-0.25, -0.2) is 0 Å². The van der Waals surface area contributed by atoms with Crippen LogP contribution in [0.3, 0.4) is 0 Å². The Morgan fingerprint density at radius 2 is 1.45 bits per heavy atom. The highest BCUT2D eigenvalue weighted by atomic mass is 16.5. The van der Waals surface area contributed by atoms with E-state index >= 15 is 0 Å². The molecule has 0 heterocycles. The number of hydrogen-bond acceptors (Lipinski definition) is 4. The van der Waals surface area contributed by atoms with Crippen molar-refractivity contribution in [3.63, 3.8) is 0 Å². The molecule has 1 saturated carbocycles. The lowest BCUT2D eigenvalue weighted by molar-refractivity contribution is -0.160. The Hall–Kier alpha value is -1.58. The molecule has 3 atom stereocenters. The molecular weight excluding hydrogens is 280 g/mol. The smallest absolute Gasteiger partial charge is 0.309 e. The fraction of sp³-hybridized carbons (Fsp3) is 0.667. The van der Waals surface area contributed by atoms with Crippen LogP contribution in [0.1, 0.15) is 47.0 Å². The number of hydrogen-bond donors (Lipinski definition) is 0. The summed E-state index contributed by atoms with van der Waals surface area (Å²) in [5.41, 5.74) is 3.80. The molecule has 1 fully saturated rings. The highest BCUT2D eigenvalue weighted by molar-refractivity contribution is 5.82. The maximum Gasteiger partial charge on any atom is 0.309 e. The number of allylic oxidation sites excluding steroid dienone is 4. The van der Waals surface area contributed by atoms with E-state index in [2.05, 4.69) is 33.8 Å². The molecule has 22 heavy (non-hydrogen) atoms. The van der Waals surface area contributed by atoms with E-state index in [-0.39, 0.29) is 17.9 Å². The molecule has 0 saturated heterocycles. The van der Waals surface area contributed by atoms with Crippen LogP contribution in [0, 0.1) is 17.8 Å². The van der Waals surface area contributed by atoms with Crippen molar-refractivity contribution in [3.05, 3.63) is 22.8 Å². The summed E-state index contributed by atoms with van der Waals surface area (Å²) in [7, 11) is 2.74. The lowest BCUT2D eigenvalue weighted by atomic mass is 9.71. The van der Waals surface area contributed by atoms with E-state index < -0.39 is 5.92 Å². The van der Waals surface area contributed by atoms with Crippen LogP contribution in [-0.2, 0) is 19.1 Å². The zero-order valence-corrected chi connectivity index (χ0v) is 14.6. The molecule has 0 N–H and O–H groups in total. The molecule has 0 radical (unpaired) electrons. The number of carbonyl (C=O) groups excluding carboxylic acids is 2. The van der Waals surface area contributed by atoms with Gasteiger partial charge >= 0.3 is 11.9 Å². The average molecular weight is 308 g/mol. The minimum atomic E-state index is -0.411. The summed E-state index contributed by atoms with van der Waals surface area (Å²) >= 11 is 0. The predicted octanol–water partition coefficient (Wildman–Crippen LogP) is 3.67. The maximum atomic E-state index is 12.0. The Labute approximate surface area is 133 Å². The van der Waals surface area contributed by atoms with Gasteiger partial charge in [-0.3, -0.25) is 9.59 Å². The fourth-order valence-corrected chi connectivity index (χ4v) is 3.03. The number of carbonyl (C=O) groups is 2. The zero-order valence-electron chi connectivity index (χ0n) is 14.6. The van der Waals surface area contributed by atoms with Gasteiger partial charge in [0, 0.05) is 0 Å². The molecule has 3 unspecified atom stereocenters. The van der Waals surface area contributed by atoms with Gasteiger partial charge in [-0.05, 0) is 52.9 Å². The first kappa shape index (κ1) is 18.5. The standard InChI is InChI=1S/C18H28O4/c1-11(2)12(3)9-13(4)14-7-8-15(17(19)21-5)16(10-14)18(20)22-6/h9,14-16H,7-8,10H2,1-6H3/b13-9+. The molecule has 124 valence electrons. The van der Waals surface area contributed by atoms with Gasteiger partial charge in [-0.15, -0.1) is 0 Å². The first-order valence-corrected chi connectivity index (χ1v) is 7.79. The number of ether oxygens (including phenoxy) is 2. The maximum absolute atomic E-state index is 12.0. The minimum Gasteiger partial charge on any atom is -0.469 e. The molecular formula is C18H28O4. The van der Waals surface area contributed by atoms with Gasteiger partial charge in [0.15, 0.2) is 0 Å². The Morgan fingerprint density at radius 1 is 0.909 bits per heavy atom. The molecule has 0 aromatic rings. The van der Waals surface area contributed by atoms with Crippen molar-refractivity contribution in [3.8, 4) is 0 Å². The molecule has 0 amide bonds. The number of rotatable bonds is 4. The molecule has 4 nitrogen and oxygen atoms in total. The molecule has 0 aromatic carbocycles. The topological polar surface area (TPSA) is 52.6 Å². The van der Waals surface area contributed by atoms with Gasteiger partial charge in [0.2, 0.25) is 0 Å². The molecule has 1 aliphatic carbocycles. The normalized spacial score (nSPS) is 25.4. The van der Waals surface area contributed by atoms with Crippen LogP contribution in [0.2, 0.25) is 0 Å². The van der Waals surface area contributed by atoms with Gasteiger partial charge in [0.25, 0.3) is 0 Å². The largest absolute Gasteiger partial charge is 0.469 e. The van der Waals surface area contributed by atoms with Gasteiger partial charge < -0.3 is 9.47 Å². The Bertz CT molecular complexity index is 483. The second-order valence-corrected chi connectivity index (χ2v) is 6.34. The van der Waals surface area contributed by atoms with Crippen molar-refractivity contribution in [1.82, 2.24) is 0 Å². The zero-order chi connectivity index (χ0) is 16.9. The second kappa shape index (κ2) is 8.16. The van der Waals surface area contributed by atoms with Crippen LogP contribution in [0.5, 0.6) is 0 Å². The number of methoxy groups -OCH3 is 2. The van der Waals surface area contributed by atoms with Crippen molar-refractivity contribution in [2.75, 3.05) is 14.2 Å². The van der Waals surface area contributed by atoms with Crippen molar-refractivity contribution < 1.29 is 19.1 Å². The van der Waals surface area contributed by atoms with E-state index in [1.807, 2.05) is 0 Å². The first-order chi connectivity index (χ1) is 10.3. The van der Waals surface area contributed by atoms with E-state index in [9.17, 15) is 9.59 Å². The summed E-state index contributed by atoms with van der Waals surface area (Å²) < 4.78 is 9.72.